The van der Waals surface area contributed by atoms with Gasteiger partial charge < -0.3 is 4.90 Å². The number of aromatic nitrogens is 1. The van der Waals surface area contributed by atoms with Crippen molar-refractivity contribution < 1.29 is 4.79 Å². The Kier molecular flexibility index (Phi) is 6.17. The Hall–Kier alpha value is -2.76. The van der Waals surface area contributed by atoms with Crippen molar-refractivity contribution in [1.29, 1.82) is 0 Å². The molecule has 5 heteroatoms. The first kappa shape index (κ1) is 19.6. The fourth-order valence-electron chi connectivity index (χ4n) is 3.55. The minimum atomic E-state index is 0.0900. The fourth-order valence-corrected chi connectivity index (χ4v) is 4.25. The summed E-state index contributed by atoms with van der Waals surface area (Å²) in [5, 5.41) is 2.04. The van der Waals surface area contributed by atoms with E-state index in [4.69, 9.17) is 0 Å². The van der Waals surface area contributed by atoms with E-state index in [1.807, 2.05) is 53.6 Å². The molecule has 1 saturated heterocycles. The van der Waals surface area contributed by atoms with Crippen molar-refractivity contribution in [1.82, 2.24) is 14.8 Å². The molecule has 148 valence electrons. The number of rotatable bonds is 5. The van der Waals surface area contributed by atoms with Gasteiger partial charge in [0.25, 0.3) is 5.91 Å². The standard InChI is InChI=1S/C24H25N3OS/c1-19-21(11-12-22(25-19)23-10-6-18-29-23)24(28)27-16-14-26(15-17-27)13-5-9-20-7-3-2-4-8-20/h2-12,18H,13-17H2,1H3/b9-5+. The molecule has 0 atom stereocenters. The molecule has 3 aromatic rings. The smallest absolute Gasteiger partial charge is 0.255 e. The Bertz CT molecular complexity index is 975. The van der Waals surface area contributed by atoms with Crippen molar-refractivity contribution in [2.24, 2.45) is 0 Å². The topological polar surface area (TPSA) is 36.4 Å². The zero-order valence-corrected chi connectivity index (χ0v) is 17.4. The van der Waals surface area contributed by atoms with Gasteiger partial charge in [0.1, 0.15) is 0 Å². The van der Waals surface area contributed by atoms with E-state index in [1.165, 1.54) is 5.56 Å². The lowest BCUT2D eigenvalue weighted by Gasteiger charge is -2.34. The average molecular weight is 404 g/mol. The molecule has 0 unspecified atom stereocenters. The van der Waals surface area contributed by atoms with Crippen molar-refractivity contribution in [3.05, 3.63) is 82.9 Å². The first-order valence-corrected chi connectivity index (χ1v) is 10.8. The van der Waals surface area contributed by atoms with Crippen LogP contribution in [0.5, 0.6) is 0 Å². The molecule has 0 N–H and O–H groups in total. The number of amides is 1. The van der Waals surface area contributed by atoms with Crippen LogP contribution in [0.25, 0.3) is 16.6 Å². The predicted molar refractivity (Wildman–Crippen MR) is 120 cm³/mol. The third-order valence-electron chi connectivity index (χ3n) is 5.22. The van der Waals surface area contributed by atoms with Crippen LogP contribution in [0.2, 0.25) is 0 Å². The molecule has 0 saturated carbocycles. The highest BCUT2D eigenvalue weighted by Gasteiger charge is 2.23. The van der Waals surface area contributed by atoms with E-state index in [0.717, 1.165) is 49.0 Å². The number of piperazine rings is 1. The van der Waals surface area contributed by atoms with Gasteiger partial charge in [0.15, 0.2) is 0 Å². The molecule has 3 heterocycles. The van der Waals surface area contributed by atoms with Gasteiger partial charge in [-0.3, -0.25) is 14.7 Å². The molecule has 4 rings (SSSR count). The molecule has 0 radical (unpaired) electrons. The number of pyridine rings is 1. The summed E-state index contributed by atoms with van der Waals surface area (Å²) in [6, 6.07) is 18.3. The van der Waals surface area contributed by atoms with Gasteiger partial charge in [0, 0.05) is 32.7 Å². The molecule has 4 nitrogen and oxygen atoms in total. The van der Waals surface area contributed by atoms with Crippen molar-refractivity contribution in [3.8, 4) is 10.6 Å². The quantitative estimate of drug-likeness (QED) is 0.625. The van der Waals surface area contributed by atoms with E-state index in [9.17, 15) is 4.79 Å². The van der Waals surface area contributed by atoms with Crippen LogP contribution in [0, 0.1) is 6.92 Å². The van der Waals surface area contributed by atoms with Gasteiger partial charge in [-0.15, -0.1) is 11.3 Å². The first-order valence-electron chi connectivity index (χ1n) is 9.95. The van der Waals surface area contributed by atoms with Crippen LogP contribution < -0.4 is 0 Å². The van der Waals surface area contributed by atoms with Gasteiger partial charge in [0.2, 0.25) is 0 Å². The molecule has 0 spiro atoms. The molecule has 1 aliphatic heterocycles. The van der Waals surface area contributed by atoms with Crippen LogP contribution in [-0.4, -0.2) is 53.4 Å². The van der Waals surface area contributed by atoms with Gasteiger partial charge in [-0.05, 0) is 36.1 Å². The number of hydrogen-bond donors (Lipinski definition) is 0. The molecule has 1 aromatic carbocycles. The minimum Gasteiger partial charge on any atom is -0.336 e. The summed E-state index contributed by atoms with van der Waals surface area (Å²) in [5.41, 5.74) is 3.66. The van der Waals surface area contributed by atoms with E-state index in [1.54, 1.807) is 11.3 Å². The number of aryl methyl sites for hydroxylation is 1. The normalized spacial score (nSPS) is 15.1. The van der Waals surface area contributed by atoms with Crippen molar-refractivity contribution in [3.63, 3.8) is 0 Å². The summed E-state index contributed by atoms with van der Waals surface area (Å²) in [6.07, 6.45) is 4.35. The molecule has 0 aliphatic carbocycles. The maximum Gasteiger partial charge on any atom is 0.255 e. The van der Waals surface area contributed by atoms with Crippen LogP contribution in [0.1, 0.15) is 21.6 Å². The molecule has 1 aliphatic rings. The molecular formula is C24H25N3OS. The van der Waals surface area contributed by atoms with Crippen molar-refractivity contribution in [2.75, 3.05) is 32.7 Å². The Balaban J connectivity index is 1.32. The van der Waals surface area contributed by atoms with Crippen LogP contribution in [0.4, 0.5) is 0 Å². The summed E-state index contributed by atoms with van der Waals surface area (Å²) >= 11 is 1.66. The number of carbonyl (C=O) groups is 1. The second kappa shape index (κ2) is 9.16. The monoisotopic (exact) mass is 403 g/mol. The minimum absolute atomic E-state index is 0.0900. The summed E-state index contributed by atoms with van der Waals surface area (Å²) in [4.78, 5) is 23.1. The Morgan fingerprint density at radius 2 is 1.83 bits per heavy atom. The molecule has 1 fully saturated rings. The Labute approximate surface area is 176 Å². The van der Waals surface area contributed by atoms with Gasteiger partial charge in [-0.2, -0.15) is 0 Å². The number of nitrogens with zero attached hydrogens (tertiary/aromatic N) is 3. The first-order chi connectivity index (χ1) is 14.2. The maximum absolute atomic E-state index is 13.0. The summed E-state index contributed by atoms with van der Waals surface area (Å²) in [7, 11) is 0. The van der Waals surface area contributed by atoms with Crippen LogP contribution >= 0.6 is 11.3 Å². The predicted octanol–water partition coefficient (Wildman–Crippen LogP) is 4.59. The van der Waals surface area contributed by atoms with E-state index in [-0.39, 0.29) is 5.91 Å². The molecule has 0 bridgehead atoms. The zero-order chi connectivity index (χ0) is 20.1. The SMILES string of the molecule is Cc1nc(-c2cccs2)ccc1C(=O)N1CCN(C/C=C/c2ccccc2)CC1. The van der Waals surface area contributed by atoms with Crippen molar-refractivity contribution >= 4 is 23.3 Å². The highest BCUT2D eigenvalue weighted by Crippen LogP contribution is 2.24. The second-order valence-electron chi connectivity index (χ2n) is 7.21. The highest BCUT2D eigenvalue weighted by atomic mass is 32.1. The number of hydrogen-bond acceptors (Lipinski definition) is 4. The van der Waals surface area contributed by atoms with E-state index in [2.05, 4.69) is 40.2 Å². The van der Waals surface area contributed by atoms with Gasteiger partial charge in [-0.25, -0.2) is 0 Å². The number of benzene rings is 1. The third-order valence-corrected chi connectivity index (χ3v) is 6.12. The fraction of sp³-hybridized carbons (Fsp3) is 0.250. The largest absolute Gasteiger partial charge is 0.336 e. The van der Waals surface area contributed by atoms with Gasteiger partial charge in [-0.1, -0.05) is 48.6 Å². The summed E-state index contributed by atoms with van der Waals surface area (Å²) in [6.45, 7) is 6.13. The van der Waals surface area contributed by atoms with E-state index < -0.39 is 0 Å². The third kappa shape index (κ3) is 4.81. The molecule has 1 amide bonds. The van der Waals surface area contributed by atoms with E-state index in [0.29, 0.717) is 5.56 Å². The highest BCUT2D eigenvalue weighted by molar-refractivity contribution is 7.13. The molecule has 2 aromatic heterocycles. The maximum atomic E-state index is 13.0. The van der Waals surface area contributed by atoms with Crippen LogP contribution in [0.3, 0.4) is 0 Å². The lowest BCUT2D eigenvalue weighted by atomic mass is 10.1. The lowest BCUT2D eigenvalue weighted by molar-refractivity contribution is 0.0649. The number of carbonyl (C=O) groups excluding carboxylic acids is 1. The van der Waals surface area contributed by atoms with Gasteiger partial charge >= 0.3 is 0 Å². The van der Waals surface area contributed by atoms with Crippen molar-refractivity contribution in [2.45, 2.75) is 6.92 Å². The second-order valence-corrected chi connectivity index (χ2v) is 8.16. The van der Waals surface area contributed by atoms with E-state index >= 15 is 0 Å². The van der Waals surface area contributed by atoms with Crippen LogP contribution in [0.15, 0.2) is 66.1 Å². The van der Waals surface area contributed by atoms with Gasteiger partial charge in [0.05, 0.1) is 21.8 Å². The summed E-state index contributed by atoms with van der Waals surface area (Å²) in [5.74, 6) is 0.0900. The average Bonchev–Trinajstić information content (AvgIpc) is 3.29. The van der Waals surface area contributed by atoms with Crippen LogP contribution in [-0.2, 0) is 0 Å². The lowest BCUT2D eigenvalue weighted by Crippen LogP contribution is -2.48. The Morgan fingerprint density at radius 3 is 2.52 bits per heavy atom. The molecule has 29 heavy (non-hydrogen) atoms. The molecular weight excluding hydrogens is 378 g/mol. The summed E-state index contributed by atoms with van der Waals surface area (Å²) < 4.78 is 0. The zero-order valence-electron chi connectivity index (χ0n) is 16.6. The number of thiophene rings is 1. The Morgan fingerprint density at radius 1 is 1.03 bits per heavy atom.